The first-order chi connectivity index (χ1) is 10.2. The van der Waals surface area contributed by atoms with Crippen molar-refractivity contribution in [3.8, 4) is 5.75 Å². The van der Waals surface area contributed by atoms with Gasteiger partial charge in [0.2, 0.25) is 0 Å². The molecule has 3 rings (SSSR count). The average Bonchev–Trinajstić information content (AvgIpc) is 2.86. The van der Waals surface area contributed by atoms with Crippen molar-refractivity contribution in [1.29, 1.82) is 0 Å². The third-order valence-electron chi connectivity index (χ3n) is 3.36. The van der Waals surface area contributed by atoms with Crippen LogP contribution in [0.4, 0.5) is 0 Å². The number of nitrogens with one attached hydrogen (secondary N) is 1. The molecule has 1 aromatic heterocycles. The molecule has 108 valence electrons. The fourth-order valence-corrected chi connectivity index (χ4v) is 2.59. The van der Waals surface area contributed by atoms with Gasteiger partial charge in [0.15, 0.2) is 5.58 Å². The molecule has 1 heterocycles. The number of alkyl halides is 1. The van der Waals surface area contributed by atoms with E-state index in [0.717, 1.165) is 16.9 Å². The lowest BCUT2D eigenvalue weighted by molar-refractivity contribution is 0.414. The van der Waals surface area contributed by atoms with Crippen molar-refractivity contribution in [1.82, 2.24) is 4.98 Å². The van der Waals surface area contributed by atoms with Gasteiger partial charge in [-0.15, -0.1) is 11.6 Å². The molecule has 3 aromatic rings. The number of fused-ring (bicyclic) bond motifs is 1. The Balaban J connectivity index is 1.85. The van der Waals surface area contributed by atoms with Crippen LogP contribution in [0, 0.1) is 0 Å². The molecule has 0 radical (unpaired) electrons. The number of hydrogen-bond acceptors (Lipinski definition) is 3. The minimum Gasteiger partial charge on any atom is -0.497 e. The molecular formula is C16H14ClNO3. The second kappa shape index (κ2) is 5.66. The summed E-state index contributed by atoms with van der Waals surface area (Å²) in [6.45, 7) is 0. The maximum Gasteiger partial charge on any atom is 0.417 e. The summed E-state index contributed by atoms with van der Waals surface area (Å²) in [6, 6.07) is 13.3. The predicted molar refractivity (Wildman–Crippen MR) is 82.1 cm³/mol. The summed E-state index contributed by atoms with van der Waals surface area (Å²) >= 11 is 6.47. The van der Waals surface area contributed by atoms with Gasteiger partial charge in [-0.2, -0.15) is 0 Å². The fraction of sp³-hybridized carbons (Fsp3) is 0.188. The van der Waals surface area contributed by atoms with Crippen molar-refractivity contribution in [2.24, 2.45) is 0 Å². The predicted octanol–water partition coefficient (Wildman–Crippen LogP) is 3.65. The van der Waals surface area contributed by atoms with Crippen LogP contribution < -0.4 is 10.5 Å². The van der Waals surface area contributed by atoms with Gasteiger partial charge in [0.1, 0.15) is 5.75 Å². The number of hydrogen-bond donors (Lipinski definition) is 1. The summed E-state index contributed by atoms with van der Waals surface area (Å²) in [5.41, 5.74) is 3.20. The van der Waals surface area contributed by atoms with Crippen LogP contribution >= 0.6 is 11.6 Å². The lowest BCUT2D eigenvalue weighted by Gasteiger charge is -2.10. The van der Waals surface area contributed by atoms with E-state index in [1.807, 2.05) is 30.3 Å². The lowest BCUT2D eigenvalue weighted by Crippen LogP contribution is -1.96. The summed E-state index contributed by atoms with van der Waals surface area (Å²) in [5, 5.41) is -0.207. The van der Waals surface area contributed by atoms with Gasteiger partial charge in [-0.05, 0) is 41.8 Å². The van der Waals surface area contributed by atoms with E-state index in [4.69, 9.17) is 20.8 Å². The molecule has 21 heavy (non-hydrogen) atoms. The summed E-state index contributed by atoms with van der Waals surface area (Å²) < 4.78 is 10.3. The molecule has 0 fully saturated rings. The second-order valence-corrected chi connectivity index (χ2v) is 5.32. The van der Waals surface area contributed by atoms with Gasteiger partial charge in [0.05, 0.1) is 18.0 Å². The van der Waals surface area contributed by atoms with E-state index in [0.29, 0.717) is 17.5 Å². The molecular weight excluding hydrogens is 290 g/mol. The minimum absolute atomic E-state index is 0.207. The number of benzene rings is 2. The van der Waals surface area contributed by atoms with Gasteiger partial charge in [0, 0.05) is 0 Å². The Morgan fingerprint density at radius 2 is 2.14 bits per heavy atom. The lowest BCUT2D eigenvalue weighted by atomic mass is 10.0. The molecule has 0 saturated carbocycles. The van der Waals surface area contributed by atoms with E-state index >= 15 is 0 Å². The summed E-state index contributed by atoms with van der Waals surface area (Å²) in [4.78, 5) is 13.8. The van der Waals surface area contributed by atoms with Gasteiger partial charge in [-0.1, -0.05) is 18.2 Å². The SMILES string of the molecule is COc1cccc(CC(Cl)c2ccc3[nH]c(=O)oc3c2)c1. The van der Waals surface area contributed by atoms with Gasteiger partial charge < -0.3 is 9.15 Å². The summed E-state index contributed by atoms with van der Waals surface area (Å²) in [6.07, 6.45) is 0.666. The first-order valence-electron chi connectivity index (χ1n) is 6.55. The molecule has 2 aromatic carbocycles. The number of H-pyrrole nitrogens is 1. The molecule has 0 spiro atoms. The molecule has 0 saturated heterocycles. The van der Waals surface area contributed by atoms with Crippen molar-refractivity contribution in [3.05, 3.63) is 64.1 Å². The van der Waals surface area contributed by atoms with Crippen molar-refractivity contribution in [2.75, 3.05) is 7.11 Å². The van der Waals surface area contributed by atoms with Gasteiger partial charge in [0.25, 0.3) is 0 Å². The van der Waals surface area contributed by atoms with Crippen molar-refractivity contribution >= 4 is 22.7 Å². The first-order valence-corrected chi connectivity index (χ1v) is 6.99. The summed E-state index contributed by atoms with van der Waals surface area (Å²) in [7, 11) is 1.64. The molecule has 0 aliphatic rings. The Morgan fingerprint density at radius 1 is 1.29 bits per heavy atom. The smallest absolute Gasteiger partial charge is 0.417 e. The Morgan fingerprint density at radius 3 is 2.95 bits per heavy atom. The van der Waals surface area contributed by atoms with Gasteiger partial charge >= 0.3 is 5.76 Å². The fourth-order valence-electron chi connectivity index (χ4n) is 2.28. The maximum absolute atomic E-state index is 11.2. The van der Waals surface area contributed by atoms with Crippen LogP contribution in [0.3, 0.4) is 0 Å². The second-order valence-electron chi connectivity index (χ2n) is 4.79. The highest BCUT2D eigenvalue weighted by atomic mass is 35.5. The Labute approximate surface area is 126 Å². The molecule has 0 bridgehead atoms. The highest BCUT2D eigenvalue weighted by molar-refractivity contribution is 6.21. The van der Waals surface area contributed by atoms with E-state index in [1.165, 1.54) is 0 Å². The number of ether oxygens (including phenoxy) is 1. The third kappa shape index (κ3) is 2.95. The molecule has 1 N–H and O–H groups in total. The van der Waals surface area contributed by atoms with Crippen molar-refractivity contribution in [3.63, 3.8) is 0 Å². The average molecular weight is 304 g/mol. The first kappa shape index (κ1) is 13.8. The topological polar surface area (TPSA) is 55.2 Å². The zero-order chi connectivity index (χ0) is 14.8. The minimum atomic E-state index is -0.457. The monoisotopic (exact) mass is 303 g/mol. The number of rotatable bonds is 4. The molecule has 0 aliphatic heterocycles. The van der Waals surface area contributed by atoms with E-state index in [-0.39, 0.29) is 5.38 Å². The maximum atomic E-state index is 11.2. The number of halogens is 1. The third-order valence-corrected chi connectivity index (χ3v) is 3.76. The van der Waals surface area contributed by atoms with E-state index < -0.39 is 5.76 Å². The standard InChI is InChI=1S/C16H14ClNO3/c1-20-12-4-2-3-10(7-12)8-13(17)11-5-6-14-15(9-11)21-16(19)18-14/h2-7,9,13H,8H2,1H3,(H,18,19). The number of oxazole rings is 1. The zero-order valence-electron chi connectivity index (χ0n) is 11.4. The molecule has 0 aliphatic carbocycles. The van der Waals surface area contributed by atoms with E-state index in [1.54, 1.807) is 19.2 Å². The van der Waals surface area contributed by atoms with Crippen LogP contribution in [-0.4, -0.2) is 12.1 Å². The summed E-state index contributed by atoms with van der Waals surface area (Å²) in [5.74, 6) is 0.351. The largest absolute Gasteiger partial charge is 0.497 e. The Hall–Kier alpha value is -2.20. The van der Waals surface area contributed by atoms with Crippen LogP contribution in [0.2, 0.25) is 0 Å². The van der Waals surface area contributed by atoms with Crippen LogP contribution in [0.5, 0.6) is 5.75 Å². The Bertz CT molecular complexity index is 822. The zero-order valence-corrected chi connectivity index (χ0v) is 12.2. The van der Waals surface area contributed by atoms with Crippen molar-refractivity contribution in [2.45, 2.75) is 11.8 Å². The van der Waals surface area contributed by atoms with Crippen LogP contribution in [0.25, 0.3) is 11.1 Å². The van der Waals surface area contributed by atoms with E-state index in [2.05, 4.69) is 4.98 Å². The Kier molecular flexibility index (Phi) is 3.71. The highest BCUT2D eigenvalue weighted by Gasteiger charge is 2.12. The normalized spacial score (nSPS) is 12.5. The van der Waals surface area contributed by atoms with E-state index in [9.17, 15) is 4.79 Å². The number of methoxy groups -OCH3 is 1. The van der Waals surface area contributed by atoms with Crippen LogP contribution in [-0.2, 0) is 6.42 Å². The van der Waals surface area contributed by atoms with Crippen LogP contribution in [0.1, 0.15) is 16.5 Å². The molecule has 1 unspecified atom stereocenters. The van der Waals surface area contributed by atoms with Gasteiger partial charge in [-0.3, -0.25) is 4.98 Å². The molecule has 1 atom stereocenters. The van der Waals surface area contributed by atoms with Gasteiger partial charge in [-0.25, -0.2) is 4.79 Å². The molecule has 0 amide bonds. The van der Waals surface area contributed by atoms with Crippen LogP contribution in [0.15, 0.2) is 51.7 Å². The molecule has 5 heteroatoms. The number of aromatic amines is 1. The molecule has 4 nitrogen and oxygen atoms in total. The van der Waals surface area contributed by atoms with Crippen molar-refractivity contribution < 1.29 is 9.15 Å². The highest BCUT2D eigenvalue weighted by Crippen LogP contribution is 2.28. The quantitative estimate of drug-likeness (QED) is 0.748. The number of aromatic nitrogens is 1.